The Hall–Kier alpha value is -2.87. The molecule has 0 saturated carbocycles. The molecule has 0 saturated heterocycles. The molecule has 0 aliphatic carbocycles. The number of carbonyl (C=O) groups excluding carboxylic acids is 2. The van der Waals surface area contributed by atoms with Crippen molar-refractivity contribution in [2.24, 2.45) is 0 Å². The van der Waals surface area contributed by atoms with Crippen molar-refractivity contribution in [2.45, 2.75) is 23.6 Å². The Morgan fingerprint density at radius 3 is 2.31 bits per heavy atom. The molecule has 1 N–H and O–H groups in total. The second kappa shape index (κ2) is 9.00. The van der Waals surface area contributed by atoms with Gasteiger partial charge < -0.3 is 10.1 Å². The molecule has 2 aromatic rings. The van der Waals surface area contributed by atoms with Gasteiger partial charge in [-0.25, -0.2) is 4.79 Å². The van der Waals surface area contributed by atoms with Crippen LogP contribution < -0.4 is 5.32 Å². The van der Waals surface area contributed by atoms with Crippen molar-refractivity contribution in [2.75, 3.05) is 7.11 Å². The van der Waals surface area contributed by atoms with Gasteiger partial charge in [0.1, 0.15) is 0 Å². The highest BCUT2D eigenvalue weighted by Crippen LogP contribution is 2.25. The van der Waals surface area contributed by atoms with Crippen molar-refractivity contribution < 1.29 is 19.2 Å². The molecular weight excluding hydrogens is 356 g/mol. The van der Waals surface area contributed by atoms with Crippen molar-refractivity contribution in [1.29, 1.82) is 0 Å². The van der Waals surface area contributed by atoms with E-state index in [-0.39, 0.29) is 16.8 Å². The summed E-state index contributed by atoms with van der Waals surface area (Å²) in [5, 5.41) is 13.1. The Morgan fingerprint density at radius 1 is 1.15 bits per heavy atom. The fraction of sp³-hybridized carbons (Fsp3) is 0.222. The Labute approximate surface area is 154 Å². The maximum Gasteiger partial charge on any atom is 0.337 e. The molecule has 26 heavy (non-hydrogen) atoms. The van der Waals surface area contributed by atoms with Gasteiger partial charge in [0.2, 0.25) is 5.91 Å². The van der Waals surface area contributed by atoms with Gasteiger partial charge in [0.15, 0.2) is 0 Å². The molecule has 0 aliphatic rings. The predicted octanol–water partition coefficient (Wildman–Crippen LogP) is 3.18. The average molecular weight is 374 g/mol. The van der Waals surface area contributed by atoms with Gasteiger partial charge >= 0.3 is 5.97 Å². The zero-order valence-electron chi connectivity index (χ0n) is 14.3. The number of nitrogens with one attached hydrogen (secondary N) is 1. The van der Waals surface area contributed by atoms with Crippen molar-refractivity contribution >= 4 is 29.3 Å². The quantitative estimate of drug-likeness (QED) is 0.346. The molecular formula is C18H18N2O5S. The van der Waals surface area contributed by atoms with E-state index in [4.69, 9.17) is 0 Å². The first kappa shape index (κ1) is 19.5. The Morgan fingerprint density at radius 2 is 1.77 bits per heavy atom. The normalized spacial score (nSPS) is 11.5. The number of nitrogens with zero attached hydrogens (tertiary/aromatic N) is 1. The first-order valence-corrected chi connectivity index (χ1v) is 8.64. The smallest absolute Gasteiger partial charge is 0.337 e. The van der Waals surface area contributed by atoms with Crippen LogP contribution in [-0.2, 0) is 16.1 Å². The summed E-state index contributed by atoms with van der Waals surface area (Å²) in [6, 6.07) is 12.9. The molecule has 0 heterocycles. The zero-order valence-corrected chi connectivity index (χ0v) is 15.1. The average Bonchev–Trinajstić information content (AvgIpc) is 2.66. The van der Waals surface area contributed by atoms with Crippen LogP contribution in [-0.4, -0.2) is 29.2 Å². The van der Waals surface area contributed by atoms with E-state index in [2.05, 4.69) is 10.1 Å². The van der Waals surface area contributed by atoms with Gasteiger partial charge in [0.25, 0.3) is 5.69 Å². The fourth-order valence-corrected chi connectivity index (χ4v) is 3.01. The number of rotatable bonds is 7. The summed E-state index contributed by atoms with van der Waals surface area (Å²) in [6.45, 7) is 2.10. The van der Waals surface area contributed by atoms with Crippen LogP contribution in [0.25, 0.3) is 0 Å². The van der Waals surface area contributed by atoms with E-state index >= 15 is 0 Å². The van der Waals surface area contributed by atoms with Crippen LogP contribution in [0.2, 0.25) is 0 Å². The van der Waals surface area contributed by atoms with Gasteiger partial charge in [-0.05, 0) is 36.8 Å². The Balaban J connectivity index is 1.86. The molecule has 0 aliphatic heterocycles. The van der Waals surface area contributed by atoms with Crippen molar-refractivity contribution in [3.63, 3.8) is 0 Å². The molecule has 1 atom stereocenters. The predicted molar refractivity (Wildman–Crippen MR) is 98.0 cm³/mol. The van der Waals surface area contributed by atoms with Crippen LogP contribution in [0.3, 0.4) is 0 Å². The standard InChI is InChI=1S/C18H18N2O5S/c1-12(26-16-9-7-15(8-10-16)20(23)24)17(21)19-11-13-3-5-14(6-4-13)18(22)25-2/h3-10,12H,11H2,1-2H3,(H,19,21)/t12-/m1/s1. The second-order valence-corrected chi connectivity index (χ2v) is 6.83. The second-order valence-electron chi connectivity index (χ2n) is 5.42. The van der Waals surface area contributed by atoms with E-state index in [1.54, 1.807) is 43.3 Å². The maximum absolute atomic E-state index is 12.2. The van der Waals surface area contributed by atoms with Crippen LogP contribution in [0, 0.1) is 10.1 Å². The molecule has 2 aromatic carbocycles. The number of hydrogen-bond donors (Lipinski definition) is 1. The highest BCUT2D eigenvalue weighted by atomic mass is 32.2. The number of carbonyl (C=O) groups is 2. The number of nitro benzene ring substituents is 1. The van der Waals surface area contributed by atoms with Crippen LogP contribution in [0.5, 0.6) is 0 Å². The van der Waals surface area contributed by atoms with Gasteiger partial charge in [-0.3, -0.25) is 14.9 Å². The largest absolute Gasteiger partial charge is 0.465 e. The van der Waals surface area contributed by atoms with Gasteiger partial charge in [0, 0.05) is 23.6 Å². The van der Waals surface area contributed by atoms with Crippen molar-refractivity contribution in [1.82, 2.24) is 5.32 Å². The molecule has 0 spiro atoms. The molecule has 0 aromatic heterocycles. The van der Waals surface area contributed by atoms with Gasteiger partial charge in [-0.2, -0.15) is 0 Å². The molecule has 7 nitrogen and oxygen atoms in total. The van der Waals surface area contributed by atoms with Crippen LogP contribution in [0.4, 0.5) is 5.69 Å². The molecule has 1 amide bonds. The number of amides is 1. The lowest BCUT2D eigenvalue weighted by atomic mass is 10.1. The topological polar surface area (TPSA) is 98.5 Å². The van der Waals surface area contributed by atoms with E-state index in [0.717, 1.165) is 10.5 Å². The number of non-ortho nitro benzene ring substituents is 1. The maximum atomic E-state index is 12.2. The summed E-state index contributed by atoms with van der Waals surface area (Å²) in [5.74, 6) is -0.556. The number of benzene rings is 2. The third kappa shape index (κ3) is 5.32. The van der Waals surface area contributed by atoms with Gasteiger partial charge in [0.05, 0.1) is 22.8 Å². The monoisotopic (exact) mass is 374 g/mol. The first-order chi connectivity index (χ1) is 12.4. The summed E-state index contributed by atoms with van der Waals surface area (Å²) in [5.41, 5.74) is 1.32. The summed E-state index contributed by atoms with van der Waals surface area (Å²) in [7, 11) is 1.32. The number of methoxy groups -OCH3 is 1. The summed E-state index contributed by atoms with van der Waals surface area (Å²) in [4.78, 5) is 34.5. The molecule has 8 heteroatoms. The SMILES string of the molecule is COC(=O)c1ccc(CNC(=O)[C@@H](C)Sc2ccc([N+](=O)[O-])cc2)cc1. The molecule has 2 rings (SSSR count). The first-order valence-electron chi connectivity index (χ1n) is 7.77. The lowest BCUT2D eigenvalue weighted by molar-refractivity contribution is -0.384. The van der Waals surface area contributed by atoms with Crippen LogP contribution >= 0.6 is 11.8 Å². The molecule has 0 bridgehead atoms. The number of ether oxygens (including phenoxy) is 1. The summed E-state index contributed by atoms with van der Waals surface area (Å²) >= 11 is 1.32. The summed E-state index contributed by atoms with van der Waals surface area (Å²) < 4.78 is 4.63. The molecule has 0 radical (unpaired) electrons. The molecule has 136 valence electrons. The minimum atomic E-state index is -0.462. The molecule has 0 unspecified atom stereocenters. The minimum absolute atomic E-state index is 0.0156. The van der Waals surface area contributed by atoms with E-state index < -0.39 is 10.9 Å². The van der Waals surface area contributed by atoms with Crippen molar-refractivity contribution in [3.05, 3.63) is 69.8 Å². The highest BCUT2D eigenvalue weighted by molar-refractivity contribution is 8.00. The highest BCUT2D eigenvalue weighted by Gasteiger charge is 2.15. The van der Waals surface area contributed by atoms with E-state index in [9.17, 15) is 19.7 Å². The summed E-state index contributed by atoms with van der Waals surface area (Å²) in [6.07, 6.45) is 0. The van der Waals surface area contributed by atoms with E-state index in [1.807, 2.05) is 0 Å². The minimum Gasteiger partial charge on any atom is -0.465 e. The third-order valence-electron chi connectivity index (χ3n) is 3.57. The lowest BCUT2D eigenvalue weighted by Crippen LogP contribution is -2.30. The zero-order chi connectivity index (χ0) is 19.1. The third-order valence-corrected chi connectivity index (χ3v) is 4.68. The number of esters is 1. The van der Waals surface area contributed by atoms with E-state index in [0.29, 0.717) is 12.1 Å². The molecule has 0 fully saturated rings. The number of thioether (sulfide) groups is 1. The Bertz CT molecular complexity index is 790. The fourth-order valence-electron chi connectivity index (χ4n) is 2.11. The van der Waals surface area contributed by atoms with Gasteiger partial charge in [-0.1, -0.05) is 12.1 Å². The Kier molecular flexibility index (Phi) is 6.74. The van der Waals surface area contributed by atoms with E-state index in [1.165, 1.54) is 31.0 Å². The van der Waals surface area contributed by atoms with Crippen LogP contribution in [0.15, 0.2) is 53.4 Å². The van der Waals surface area contributed by atoms with Crippen LogP contribution in [0.1, 0.15) is 22.8 Å². The number of nitro groups is 1. The lowest BCUT2D eigenvalue weighted by Gasteiger charge is -2.12. The number of hydrogen-bond acceptors (Lipinski definition) is 6. The van der Waals surface area contributed by atoms with Gasteiger partial charge in [-0.15, -0.1) is 11.8 Å². The van der Waals surface area contributed by atoms with Crippen molar-refractivity contribution in [3.8, 4) is 0 Å².